The standard InChI is InChI=1S/C10H10FIO3/c1-3-15-10(13)7-4-6(12)5-8(14-2)9(7)11/h4-5H,3H2,1-2H3. The zero-order chi connectivity index (χ0) is 11.4. The van der Waals surface area contributed by atoms with Gasteiger partial charge in [-0.25, -0.2) is 9.18 Å². The lowest BCUT2D eigenvalue weighted by molar-refractivity contribution is 0.0520. The molecule has 0 radical (unpaired) electrons. The molecule has 0 atom stereocenters. The normalized spacial score (nSPS) is 9.87. The lowest BCUT2D eigenvalue weighted by Crippen LogP contribution is -2.08. The molecular weight excluding hydrogens is 314 g/mol. The summed E-state index contributed by atoms with van der Waals surface area (Å²) in [5.41, 5.74) is -0.0967. The van der Waals surface area contributed by atoms with Gasteiger partial charge in [0, 0.05) is 3.57 Å². The highest BCUT2D eigenvalue weighted by Gasteiger charge is 2.17. The highest BCUT2D eigenvalue weighted by atomic mass is 127. The molecule has 5 heteroatoms. The number of esters is 1. The highest BCUT2D eigenvalue weighted by Crippen LogP contribution is 2.24. The van der Waals surface area contributed by atoms with E-state index in [-0.39, 0.29) is 17.9 Å². The molecule has 0 aromatic heterocycles. The Hall–Kier alpha value is -0.850. The minimum Gasteiger partial charge on any atom is -0.494 e. The second-order valence-corrected chi connectivity index (χ2v) is 3.94. The van der Waals surface area contributed by atoms with Crippen LogP contribution in [0.15, 0.2) is 12.1 Å². The lowest BCUT2D eigenvalue weighted by Gasteiger charge is -2.07. The molecule has 0 bridgehead atoms. The molecule has 0 fully saturated rings. The molecule has 0 saturated heterocycles. The van der Waals surface area contributed by atoms with Crippen molar-refractivity contribution in [1.29, 1.82) is 0 Å². The first-order valence-corrected chi connectivity index (χ1v) is 5.38. The second-order valence-electron chi connectivity index (χ2n) is 2.69. The minimum atomic E-state index is -0.684. The van der Waals surface area contributed by atoms with Crippen molar-refractivity contribution in [3.63, 3.8) is 0 Å². The molecule has 0 aliphatic heterocycles. The predicted molar refractivity (Wildman–Crippen MR) is 61.6 cm³/mol. The SMILES string of the molecule is CCOC(=O)c1cc(I)cc(OC)c1F. The van der Waals surface area contributed by atoms with E-state index in [1.165, 1.54) is 19.2 Å². The van der Waals surface area contributed by atoms with Crippen molar-refractivity contribution < 1.29 is 18.7 Å². The number of halogens is 2. The molecule has 3 nitrogen and oxygen atoms in total. The number of carbonyl (C=O) groups excluding carboxylic acids is 1. The van der Waals surface area contributed by atoms with Crippen molar-refractivity contribution in [3.8, 4) is 5.75 Å². The summed E-state index contributed by atoms with van der Waals surface area (Å²) in [6.45, 7) is 1.88. The molecule has 15 heavy (non-hydrogen) atoms. The third-order valence-corrected chi connectivity index (χ3v) is 2.34. The van der Waals surface area contributed by atoms with Crippen LogP contribution < -0.4 is 4.74 Å². The Labute approximate surface area is 101 Å². The number of benzene rings is 1. The number of ether oxygens (including phenoxy) is 2. The minimum absolute atomic E-state index is 0.0463. The zero-order valence-corrected chi connectivity index (χ0v) is 10.5. The Balaban J connectivity index is 3.17. The topological polar surface area (TPSA) is 35.5 Å². The van der Waals surface area contributed by atoms with Crippen molar-refractivity contribution in [2.24, 2.45) is 0 Å². The van der Waals surface area contributed by atoms with Gasteiger partial charge in [-0.05, 0) is 41.6 Å². The summed E-state index contributed by atoms with van der Waals surface area (Å²) in [7, 11) is 1.35. The maximum absolute atomic E-state index is 13.6. The van der Waals surface area contributed by atoms with Crippen molar-refractivity contribution in [3.05, 3.63) is 27.1 Å². The molecule has 82 valence electrons. The molecule has 0 saturated carbocycles. The second kappa shape index (κ2) is 5.29. The van der Waals surface area contributed by atoms with Crippen LogP contribution in [0, 0.1) is 9.39 Å². The van der Waals surface area contributed by atoms with Crippen LogP contribution in [0.1, 0.15) is 17.3 Å². The fourth-order valence-electron chi connectivity index (χ4n) is 1.07. The van der Waals surface area contributed by atoms with Crippen LogP contribution in [0.4, 0.5) is 4.39 Å². The Morgan fingerprint density at radius 2 is 2.20 bits per heavy atom. The maximum atomic E-state index is 13.6. The molecular formula is C10H10FIO3. The summed E-state index contributed by atoms with van der Waals surface area (Å²) in [6.07, 6.45) is 0. The van der Waals surface area contributed by atoms with Crippen LogP contribution >= 0.6 is 22.6 Å². The highest BCUT2D eigenvalue weighted by molar-refractivity contribution is 14.1. The summed E-state index contributed by atoms with van der Waals surface area (Å²) in [4.78, 5) is 11.4. The van der Waals surface area contributed by atoms with E-state index in [9.17, 15) is 9.18 Å². The van der Waals surface area contributed by atoms with Crippen LogP contribution in [0.5, 0.6) is 5.75 Å². The summed E-state index contributed by atoms with van der Waals surface area (Å²) < 4.78 is 23.8. The van der Waals surface area contributed by atoms with Gasteiger partial charge in [0.15, 0.2) is 11.6 Å². The Bertz CT molecular complexity index is 379. The van der Waals surface area contributed by atoms with Crippen molar-refractivity contribution in [2.45, 2.75) is 6.92 Å². The first-order chi connectivity index (χ1) is 7.10. The monoisotopic (exact) mass is 324 g/mol. The molecule has 0 heterocycles. The van der Waals surface area contributed by atoms with Crippen LogP contribution in [-0.4, -0.2) is 19.7 Å². The van der Waals surface area contributed by atoms with Crippen LogP contribution in [0.25, 0.3) is 0 Å². The molecule has 0 aliphatic rings. The van der Waals surface area contributed by atoms with Crippen molar-refractivity contribution in [1.82, 2.24) is 0 Å². The Morgan fingerprint density at radius 1 is 1.53 bits per heavy atom. The van der Waals surface area contributed by atoms with E-state index in [1.54, 1.807) is 6.92 Å². The van der Waals surface area contributed by atoms with E-state index < -0.39 is 11.8 Å². The average Bonchev–Trinajstić information content (AvgIpc) is 2.21. The van der Waals surface area contributed by atoms with Gasteiger partial charge in [0.2, 0.25) is 0 Å². The largest absolute Gasteiger partial charge is 0.494 e. The van der Waals surface area contributed by atoms with Crippen LogP contribution in [-0.2, 0) is 4.74 Å². The van der Waals surface area contributed by atoms with E-state index in [0.29, 0.717) is 3.57 Å². The number of methoxy groups -OCH3 is 1. The number of hydrogen-bond donors (Lipinski definition) is 0. The summed E-state index contributed by atoms with van der Waals surface area (Å²) in [5, 5.41) is 0. The number of hydrogen-bond acceptors (Lipinski definition) is 3. The van der Waals surface area contributed by atoms with E-state index in [4.69, 9.17) is 9.47 Å². The van der Waals surface area contributed by atoms with E-state index in [2.05, 4.69) is 0 Å². The van der Waals surface area contributed by atoms with Gasteiger partial charge in [-0.3, -0.25) is 0 Å². The van der Waals surface area contributed by atoms with Gasteiger partial charge >= 0.3 is 5.97 Å². The third kappa shape index (κ3) is 2.80. The first-order valence-electron chi connectivity index (χ1n) is 4.30. The van der Waals surface area contributed by atoms with Gasteiger partial charge in [0.05, 0.1) is 13.7 Å². The molecule has 0 unspecified atom stereocenters. The summed E-state index contributed by atoms with van der Waals surface area (Å²) >= 11 is 1.98. The summed E-state index contributed by atoms with van der Waals surface area (Å²) in [6, 6.07) is 2.94. The number of rotatable bonds is 3. The fraction of sp³-hybridized carbons (Fsp3) is 0.300. The van der Waals surface area contributed by atoms with Crippen LogP contribution in [0.3, 0.4) is 0 Å². The van der Waals surface area contributed by atoms with E-state index >= 15 is 0 Å². The molecule has 0 amide bonds. The van der Waals surface area contributed by atoms with Gasteiger partial charge in [-0.15, -0.1) is 0 Å². The Morgan fingerprint density at radius 3 is 2.73 bits per heavy atom. The van der Waals surface area contributed by atoms with Gasteiger partial charge in [-0.1, -0.05) is 0 Å². The Kier molecular flexibility index (Phi) is 4.31. The number of carbonyl (C=O) groups is 1. The fourth-order valence-corrected chi connectivity index (χ4v) is 1.66. The van der Waals surface area contributed by atoms with Gasteiger partial charge in [-0.2, -0.15) is 0 Å². The zero-order valence-electron chi connectivity index (χ0n) is 8.34. The average molecular weight is 324 g/mol. The van der Waals surface area contributed by atoms with Crippen molar-refractivity contribution in [2.75, 3.05) is 13.7 Å². The molecule has 0 spiro atoms. The van der Waals surface area contributed by atoms with E-state index in [0.717, 1.165) is 0 Å². The predicted octanol–water partition coefficient (Wildman–Crippen LogP) is 2.62. The molecule has 0 N–H and O–H groups in total. The van der Waals surface area contributed by atoms with Crippen LogP contribution in [0.2, 0.25) is 0 Å². The molecule has 1 rings (SSSR count). The lowest BCUT2D eigenvalue weighted by atomic mass is 10.2. The summed E-state index contributed by atoms with van der Waals surface area (Å²) in [5.74, 6) is -1.31. The van der Waals surface area contributed by atoms with Gasteiger partial charge in [0.1, 0.15) is 5.56 Å². The van der Waals surface area contributed by atoms with Crippen molar-refractivity contribution >= 4 is 28.6 Å². The maximum Gasteiger partial charge on any atom is 0.341 e. The molecule has 1 aromatic carbocycles. The van der Waals surface area contributed by atoms with E-state index in [1.807, 2.05) is 22.6 Å². The van der Waals surface area contributed by atoms with Gasteiger partial charge < -0.3 is 9.47 Å². The third-order valence-electron chi connectivity index (χ3n) is 1.72. The molecule has 1 aromatic rings. The smallest absolute Gasteiger partial charge is 0.341 e. The van der Waals surface area contributed by atoms with Gasteiger partial charge in [0.25, 0.3) is 0 Å². The quantitative estimate of drug-likeness (QED) is 0.633. The molecule has 0 aliphatic carbocycles. The first kappa shape index (κ1) is 12.2.